The van der Waals surface area contributed by atoms with Crippen molar-refractivity contribution in [3.63, 3.8) is 0 Å². The van der Waals surface area contributed by atoms with Crippen molar-refractivity contribution >= 4 is 56.2 Å². The molecule has 0 aliphatic carbocycles. The molecule has 5 unspecified atom stereocenters. The third kappa shape index (κ3) is 12.3. The summed E-state index contributed by atoms with van der Waals surface area (Å²) in [6.45, 7) is -1.73. The molecule has 0 bridgehead atoms. The summed E-state index contributed by atoms with van der Waals surface area (Å²) in [5.74, 6) is -1.10. The number of esters is 1. The highest BCUT2D eigenvalue weighted by atomic mass is 31.2. The molecule has 0 saturated carbocycles. The van der Waals surface area contributed by atoms with E-state index in [0.717, 1.165) is 10.9 Å². The van der Waals surface area contributed by atoms with Gasteiger partial charge in [-0.3, -0.25) is 27.5 Å². The summed E-state index contributed by atoms with van der Waals surface area (Å²) in [7, 11) is -10.3. The van der Waals surface area contributed by atoms with E-state index in [1.165, 1.54) is 23.2 Å². The van der Waals surface area contributed by atoms with Crippen LogP contribution in [0.5, 0.6) is 0 Å². The number of carbonyl (C=O) groups excluding carboxylic acids is 2. The molecule has 1 amide bonds. The molecule has 2 fully saturated rings. The number of nitrogens with two attached hydrogens (primary N) is 3. The Balaban J connectivity index is 1.08. The number of unbranched alkanes of at least 4 members (excludes halogenated alkanes) is 1. The highest BCUT2D eigenvalue weighted by Gasteiger charge is 2.50. The van der Waals surface area contributed by atoms with Crippen LogP contribution in [0.1, 0.15) is 43.7 Å². The van der Waals surface area contributed by atoms with Gasteiger partial charge in [-0.1, -0.05) is 29.4 Å². The summed E-state index contributed by atoms with van der Waals surface area (Å²) in [6.07, 6.45) is -7.11. The zero-order valence-electron chi connectivity index (χ0n) is 33.2. The predicted octanol–water partition coefficient (Wildman–Crippen LogP) is 0.683. The van der Waals surface area contributed by atoms with Crippen molar-refractivity contribution in [2.24, 2.45) is 10.8 Å². The van der Waals surface area contributed by atoms with E-state index in [9.17, 15) is 43.3 Å². The maximum atomic E-state index is 13.4. The smallest absolute Gasteiger partial charge is 0.455 e. The fourth-order valence-electron chi connectivity index (χ4n) is 6.59. The molecule has 31 heteroatoms. The van der Waals surface area contributed by atoms with Gasteiger partial charge >= 0.3 is 33.4 Å². The second-order valence-electron chi connectivity index (χ2n) is 14.1. The van der Waals surface area contributed by atoms with Gasteiger partial charge in [-0.05, 0) is 36.4 Å². The molecule has 4 aromatic rings. The number of aromatic nitrogens is 6. The first-order valence-corrected chi connectivity index (χ1v) is 22.1. The van der Waals surface area contributed by atoms with Crippen molar-refractivity contribution < 1.29 is 71.0 Å². The van der Waals surface area contributed by atoms with E-state index < -0.39 is 95.6 Å². The molecular weight excluding hydrogens is 896 g/mol. The average Bonchev–Trinajstić information content (AvgIpc) is 3.93. The molecule has 64 heavy (non-hydrogen) atoms. The van der Waals surface area contributed by atoms with E-state index >= 15 is 0 Å². The average molecular weight is 940 g/mol. The highest BCUT2D eigenvalue weighted by molar-refractivity contribution is 7.47. The number of imidazole rings is 1. The number of phosphoric ester groups is 2. The van der Waals surface area contributed by atoms with E-state index in [1.54, 1.807) is 24.3 Å². The zero-order valence-corrected chi connectivity index (χ0v) is 35.0. The molecule has 2 aliphatic rings. The third-order valence-electron chi connectivity index (χ3n) is 9.66. The number of nitrogen functional groups attached to an aromatic ring is 2. The van der Waals surface area contributed by atoms with Crippen LogP contribution >= 0.6 is 15.6 Å². The number of nitrogens with zero attached hydrogens (tertiary/aromatic N) is 9. The fourth-order valence-corrected chi connectivity index (χ4v) is 7.90. The standard InChI is InChI=1S/C33H43N13O16P2/c34-18(6-3-4-9-38-33(50)56-12-17-5-1-2-7-19(17)43-44-37)31(48)61-27-22(60-30(26(27)47)46-16-41-25-28(36)39-15-40-29(25)46)14-58-64(54,55)62-20-11-24(45-10-8-23(35)42-32(45)49)59-21(20)13-57-63(51,52)53/h1-2,5,7-8,10,15-16,18,20-22,24,26-27,30,47H,3-4,6,9,11-14,34H2,(H,38,50)(H,54,55)(H2,35,42,49)(H2,36,39,40)(H2,51,52,53)/t18-,20+,21-,22?,24-,26?,27?,30?/m1/s1. The van der Waals surface area contributed by atoms with Crippen LogP contribution in [0.15, 0.2) is 59.1 Å². The number of aliphatic hydroxyl groups excluding tert-OH is 1. The van der Waals surface area contributed by atoms with Crippen molar-refractivity contribution in [2.45, 2.75) is 81.3 Å². The number of nitrogens with one attached hydrogen (secondary N) is 1. The second kappa shape index (κ2) is 20.9. The number of ether oxygens (including phenoxy) is 4. The van der Waals surface area contributed by atoms with Crippen LogP contribution < -0.4 is 28.2 Å². The molecule has 6 rings (SSSR count). The Hall–Kier alpha value is -5.64. The number of fused-ring (bicyclic) bond motifs is 1. The number of carbonyl (C=O) groups is 2. The minimum atomic E-state index is -5.20. The summed E-state index contributed by atoms with van der Waals surface area (Å²) in [4.78, 5) is 86.0. The minimum absolute atomic E-state index is 0.00342. The Labute approximate surface area is 360 Å². The van der Waals surface area contributed by atoms with Crippen molar-refractivity contribution in [1.29, 1.82) is 0 Å². The van der Waals surface area contributed by atoms with E-state index in [0.29, 0.717) is 24.1 Å². The number of azide groups is 1. The lowest BCUT2D eigenvalue weighted by Crippen LogP contribution is -2.43. The number of hydrogen-bond donors (Lipinski definition) is 8. The SMILES string of the molecule is [N-]=[N+]=Nc1ccccc1COC(=O)NCCCC[C@@H](N)C(=O)OC1C(COP(=O)(O)O[C@H]2C[C@H](n3ccc(N)nc3=O)O[C@@H]2COP(=O)(O)O)OC(n2cnc3c(N)ncnc32)C1O. The van der Waals surface area contributed by atoms with Gasteiger partial charge in [0.25, 0.3) is 0 Å². The van der Waals surface area contributed by atoms with Gasteiger partial charge in [-0.2, -0.15) is 4.98 Å². The first-order chi connectivity index (χ1) is 30.4. The van der Waals surface area contributed by atoms with Crippen LogP contribution in [0, 0.1) is 0 Å². The number of rotatable bonds is 20. The first kappa shape index (κ1) is 47.8. The predicted molar refractivity (Wildman–Crippen MR) is 215 cm³/mol. The van der Waals surface area contributed by atoms with Crippen molar-refractivity contribution in [3.05, 3.63) is 75.7 Å². The molecule has 29 nitrogen and oxygen atoms in total. The van der Waals surface area contributed by atoms with Crippen molar-refractivity contribution in [3.8, 4) is 0 Å². The van der Waals surface area contributed by atoms with Crippen LogP contribution in [0.4, 0.5) is 22.1 Å². The fraction of sp³-hybridized carbons (Fsp3) is 0.485. The van der Waals surface area contributed by atoms with E-state index in [-0.39, 0.29) is 48.8 Å². The number of phosphoric acid groups is 2. The van der Waals surface area contributed by atoms with Gasteiger partial charge in [0.2, 0.25) is 0 Å². The van der Waals surface area contributed by atoms with Gasteiger partial charge in [0.05, 0.1) is 19.5 Å². The van der Waals surface area contributed by atoms with Crippen molar-refractivity contribution in [1.82, 2.24) is 34.4 Å². The van der Waals surface area contributed by atoms with Crippen molar-refractivity contribution in [2.75, 3.05) is 31.2 Å². The Kier molecular flexibility index (Phi) is 15.6. The topological polar surface area (TPSA) is 431 Å². The minimum Gasteiger partial charge on any atom is -0.455 e. The number of aliphatic hydroxyl groups is 1. The molecule has 3 aromatic heterocycles. The Morgan fingerprint density at radius 1 is 1.05 bits per heavy atom. The number of anilines is 2. The molecule has 0 radical (unpaired) electrons. The molecular formula is C33H43N13O16P2. The summed E-state index contributed by atoms with van der Waals surface area (Å²) in [5.41, 5.74) is 26.5. The quantitative estimate of drug-likeness (QED) is 0.0151. The summed E-state index contributed by atoms with van der Waals surface area (Å²) < 4.78 is 64.8. The lowest BCUT2D eigenvalue weighted by molar-refractivity contribution is -0.158. The molecule has 11 N–H and O–H groups in total. The number of benzene rings is 1. The lowest BCUT2D eigenvalue weighted by Gasteiger charge is -2.24. The molecule has 2 saturated heterocycles. The van der Waals surface area contributed by atoms with Crippen LogP contribution in [0.3, 0.4) is 0 Å². The normalized spacial score (nSPS) is 23.5. The van der Waals surface area contributed by atoms with Crippen LogP contribution in [0.25, 0.3) is 21.6 Å². The molecule has 0 spiro atoms. The Morgan fingerprint density at radius 3 is 2.56 bits per heavy atom. The van der Waals surface area contributed by atoms with Gasteiger partial charge in [0.1, 0.15) is 61.0 Å². The van der Waals surface area contributed by atoms with Crippen LogP contribution in [0.2, 0.25) is 0 Å². The molecule has 2 aliphatic heterocycles. The zero-order chi connectivity index (χ0) is 46.2. The lowest BCUT2D eigenvalue weighted by atomic mass is 10.1. The van der Waals surface area contributed by atoms with E-state index in [4.69, 9.17) is 50.7 Å². The molecule has 5 heterocycles. The van der Waals surface area contributed by atoms with Gasteiger partial charge in [-0.15, -0.1) is 0 Å². The largest absolute Gasteiger partial charge is 0.472 e. The summed E-state index contributed by atoms with van der Waals surface area (Å²) in [5, 5.41) is 17.6. The first-order valence-electron chi connectivity index (χ1n) is 19.0. The highest BCUT2D eigenvalue weighted by Crippen LogP contribution is 2.50. The Morgan fingerprint density at radius 2 is 1.81 bits per heavy atom. The third-order valence-corrected chi connectivity index (χ3v) is 11.2. The maximum Gasteiger partial charge on any atom is 0.472 e. The second-order valence-corrected chi connectivity index (χ2v) is 16.7. The van der Waals surface area contributed by atoms with Crippen LogP contribution in [-0.2, 0) is 53.1 Å². The van der Waals surface area contributed by atoms with E-state index in [2.05, 4.69) is 39.8 Å². The summed E-state index contributed by atoms with van der Waals surface area (Å²) in [6, 6.07) is 6.58. The van der Waals surface area contributed by atoms with Gasteiger partial charge in [0, 0.05) is 29.8 Å². The van der Waals surface area contributed by atoms with Gasteiger partial charge in [-0.25, -0.2) is 33.7 Å². The maximum absolute atomic E-state index is 13.4. The molecule has 9 atom stereocenters. The number of alkyl carbamates (subject to hydrolysis) is 1. The Bertz CT molecular complexity index is 2500. The van der Waals surface area contributed by atoms with E-state index in [1.807, 2.05) is 0 Å². The number of amides is 1. The monoisotopic (exact) mass is 939 g/mol. The number of hydrogen-bond acceptors (Lipinski definition) is 21. The van der Waals surface area contributed by atoms with Crippen LogP contribution in [-0.4, -0.2) is 117 Å². The summed E-state index contributed by atoms with van der Waals surface area (Å²) >= 11 is 0. The molecule has 1 aromatic carbocycles. The van der Waals surface area contributed by atoms with Gasteiger partial charge < -0.3 is 61.3 Å². The molecule has 346 valence electrons. The van der Waals surface area contributed by atoms with Gasteiger partial charge in [0.15, 0.2) is 23.8 Å².